The summed E-state index contributed by atoms with van der Waals surface area (Å²) in [7, 11) is 1.93. The Morgan fingerprint density at radius 1 is 1.33 bits per heavy atom. The third-order valence-electron chi connectivity index (χ3n) is 2.26. The Kier molecular flexibility index (Phi) is 5.57. The van der Waals surface area contributed by atoms with Gasteiger partial charge in [0.15, 0.2) is 0 Å². The van der Waals surface area contributed by atoms with Gasteiger partial charge in [-0.3, -0.25) is 5.43 Å². The SMILES string of the molecule is CCCCN(C)c1nc(NN)nc(OC(C)C)n1. The predicted molar refractivity (Wildman–Crippen MR) is 71.6 cm³/mol. The maximum absolute atomic E-state index is 5.47. The molecule has 0 spiro atoms. The Hall–Kier alpha value is -1.63. The summed E-state index contributed by atoms with van der Waals surface area (Å²) in [6.07, 6.45) is 2.20. The number of nitrogens with zero attached hydrogens (tertiary/aromatic N) is 4. The lowest BCUT2D eigenvalue weighted by molar-refractivity contribution is 0.222. The average molecular weight is 254 g/mol. The highest BCUT2D eigenvalue weighted by atomic mass is 16.5. The third kappa shape index (κ3) is 4.33. The van der Waals surface area contributed by atoms with Crippen LogP contribution in [0.2, 0.25) is 0 Å². The van der Waals surface area contributed by atoms with E-state index >= 15 is 0 Å². The van der Waals surface area contributed by atoms with Gasteiger partial charge in [-0.25, -0.2) is 5.84 Å². The Morgan fingerprint density at radius 2 is 2.06 bits per heavy atom. The van der Waals surface area contributed by atoms with Crippen LogP contribution in [-0.4, -0.2) is 34.6 Å². The lowest BCUT2D eigenvalue weighted by Crippen LogP contribution is -2.23. The van der Waals surface area contributed by atoms with Crippen molar-refractivity contribution < 1.29 is 4.74 Å². The van der Waals surface area contributed by atoms with Crippen molar-refractivity contribution in [1.82, 2.24) is 15.0 Å². The van der Waals surface area contributed by atoms with Gasteiger partial charge < -0.3 is 9.64 Å². The Morgan fingerprint density at radius 3 is 2.61 bits per heavy atom. The maximum Gasteiger partial charge on any atom is 0.323 e. The van der Waals surface area contributed by atoms with E-state index in [1.54, 1.807) is 0 Å². The van der Waals surface area contributed by atoms with Gasteiger partial charge in [0.2, 0.25) is 11.9 Å². The molecule has 0 aliphatic heterocycles. The van der Waals surface area contributed by atoms with Crippen molar-refractivity contribution in [2.75, 3.05) is 23.9 Å². The Bertz CT molecular complexity index is 371. The number of ether oxygens (including phenoxy) is 1. The van der Waals surface area contributed by atoms with Gasteiger partial charge in [0.1, 0.15) is 0 Å². The summed E-state index contributed by atoms with van der Waals surface area (Å²) in [5.41, 5.74) is 2.42. The van der Waals surface area contributed by atoms with Crippen molar-refractivity contribution in [3.8, 4) is 6.01 Å². The van der Waals surface area contributed by atoms with Crippen LogP contribution in [0.4, 0.5) is 11.9 Å². The van der Waals surface area contributed by atoms with Crippen LogP contribution in [0, 0.1) is 0 Å². The smallest absolute Gasteiger partial charge is 0.323 e. The summed E-state index contributed by atoms with van der Waals surface area (Å²) in [5.74, 6) is 6.20. The molecule has 7 heteroatoms. The quantitative estimate of drug-likeness (QED) is 0.558. The molecule has 0 bridgehead atoms. The molecule has 3 N–H and O–H groups in total. The van der Waals surface area contributed by atoms with Crippen LogP contribution in [0.1, 0.15) is 33.6 Å². The van der Waals surface area contributed by atoms with Crippen LogP contribution in [0.15, 0.2) is 0 Å². The molecule has 0 saturated heterocycles. The Balaban J connectivity index is 2.88. The van der Waals surface area contributed by atoms with Crippen LogP contribution >= 0.6 is 0 Å². The lowest BCUT2D eigenvalue weighted by atomic mass is 10.3. The number of unbranched alkanes of at least 4 members (excludes halogenated alkanes) is 1. The van der Waals surface area contributed by atoms with Gasteiger partial charge in [-0.2, -0.15) is 15.0 Å². The zero-order valence-electron chi connectivity index (χ0n) is 11.5. The first-order valence-electron chi connectivity index (χ1n) is 6.17. The fraction of sp³-hybridized carbons (Fsp3) is 0.727. The van der Waals surface area contributed by atoms with E-state index in [0.29, 0.717) is 11.9 Å². The van der Waals surface area contributed by atoms with Crippen LogP contribution in [0.25, 0.3) is 0 Å². The summed E-state index contributed by atoms with van der Waals surface area (Å²) in [4.78, 5) is 14.5. The monoisotopic (exact) mass is 254 g/mol. The second-order valence-electron chi connectivity index (χ2n) is 4.33. The molecule has 1 aromatic heterocycles. The summed E-state index contributed by atoms with van der Waals surface area (Å²) in [6, 6.07) is 0.284. The molecule has 0 fully saturated rings. The fourth-order valence-electron chi connectivity index (χ4n) is 1.34. The van der Waals surface area contributed by atoms with Crippen molar-refractivity contribution in [2.24, 2.45) is 5.84 Å². The minimum Gasteiger partial charge on any atom is -0.461 e. The number of aromatic nitrogens is 3. The highest BCUT2D eigenvalue weighted by molar-refractivity contribution is 5.36. The van der Waals surface area contributed by atoms with E-state index in [1.165, 1.54) is 0 Å². The van der Waals surface area contributed by atoms with E-state index in [2.05, 4.69) is 27.3 Å². The van der Waals surface area contributed by atoms with Gasteiger partial charge in [-0.1, -0.05) is 13.3 Å². The zero-order chi connectivity index (χ0) is 13.5. The van der Waals surface area contributed by atoms with Crippen LogP contribution < -0.4 is 20.9 Å². The van der Waals surface area contributed by atoms with Crippen LogP contribution in [0.3, 0.4) is 0 Å². The predicted octanol–water partition coefficient (Wildman–Crippen LogP) is 1.18. The minimum atomic E-state index is 0.00632. The largest absolute Gasteiger partial charge is 0.461 e. The first-order valence-corrected chi connectivity index (χ1v) is 6.17. The van der Waals surface area contributed by atoms with E-state index in [-0.39, 0.29) is 12.1 Å². The summed E-state index contributed by atoms with van der Waals surface area (Å²) in [6.45, 7) is 6.85. The van der Waals surface area contributed by atoms with Crippen molar-refractivity contribution in [1.29, 1.82) is 0 Å². The highest BCUT2D eigenvalue weighted by Gasteiger charge is 2.11. The summed E-state index contributed by atoms with van der Waals surface area (Å²) in [5, 5.41) is 0. The standard InChI is InChI=1S/C11H22N6O/c1-5-6-7-17(4)10-13-9(16-12)14-11(15-10)18-8(2)3/h8H,5-7,12H2,1-4H3,(H,13,14,15,16). The second kappa shape index (κ2) is 6.95. The Labute approximate surface area is 108 Å². The molecular weight excluding hydrogens is 232 g/mol. The number of anilines is 2. The highest BCUT2D eigenvalue weighted by Crippen LogP contribution is 2.14. The van der Waals surface area contributed by atoms with Crippen molar-refractivity contribution in [2.45, 2.75) is 39.7 Å². The molecule has 0 amide bonds. The average Bonchev–Trinajstić information content (AvgIpc) is 2.34. The normalized spacial score (nSPS) is 10.6. The molecule has 0 unspecified atom stereocenters. The van der Waals surface area contributed by atoms with E-state index in [0.717, 1.165) is 19.4 Å². The number of hydrogen-bond acceptors (Lipinski definition) is 7. The number of hydrazine groups is 1. The number of rotatable bonds is 7. The minimum absolute atomic E-state index is 0.00632. The number of nitrogens with two attached hydrogens (primary N) is 1. The van der Waals surface area contributed by atoms with Gasteiger partial charge in [-0.05, 0) is 20.3 Å². The number of hydrogen-bond donors (Lipinski definition) is 2. The van der Waals surface area contributed by atoms with Gasteiger partial charge in [-0.15, -0.1) is 0 Å². The number of nitrogen functional groups attached to an aromatic ring is 1. The first kappa shape index (κ1) is 14.4. The van der Waals surface area contributed by atoms with Crippen LogP contribution in [0.5, 0.6) is 6.01 Å². The molecule has 0 radical (unpaired) electrons. The van der Waals surface area contributed by atoms with E-state index in [9.17, 15) is 0 Å². The molecule has 18 heavy (non-hydrogen) atoms. The molecule has 0 atom stereocenters. The fourth-order valence-corrected chi connectivity index (χ4v) is 1.34. The zero-order valence-corrected chi connectivity index (χ0v) is 11.5. The second-order valence-corrected chi connectivity index (χ2v) is 4.33. The van der Waals surface area contributed by atoms with E-state index in [1.807, 2.05) is 25.8 Å². The van der Waals surface area contributed by atoms with Crippen molar-refractivity contribution in [3.63, 3.8) is 0 Å². The molecule has 1 rings (SSSR count). The number of nitrogens with one attached hydrogen (secondary N) is 1. The molecule has 7 nitrogen and oxygen atoms in total. The molecule has 102 valence electrons. The van der Waals surface area contributed by atoms with Crippen LogP contribution in [-0.2, 0) is 0 Å². The summed E-state index contributed by atoms with van der Waals surface area (Å²) >= 11 is 0. The molecular formula is C11H22N6O. The first-order chi connectivity index (χ1) is 8.56. The van der Waals surface area contributed by atoms with Gasteiger partial charge >= 0.3 is 6.01 Å². The topological polar surface area (TPSA) is 89.2 Å². The molecule has 0 saturated carbocycles. The van der Waals surface area contributed by atoms with Gasteiger partial charge in [0.25, 0.3) is 0 Å². The van der Waals surface area contributed by atoms with E-state index < -0.39 is 0 Å². The summed E-state index contributed by atoms with van der Waals surface area (Å²) < 4.78 is 5.47. The molecule has 0 aliphatic rings. The lowest BCUT2D eigenvalue weighted by Gasteiger charge is -2.18. The van der Waals surface area contributed by atoms with Gasteiger partial charge in [0, 0.05) is 13.6 Å². The maximum atomic E-state index is 5.47. The van der Waals surface area contributed by atoms with Crippen molar-refractivity contribution in [3.05, 3.63) is 0 Å². The molecule has 1 heterocycles. The molecule has 0 aromatic carbocycles. The molecule has 0 aliphatic carbocycles. The van der Waals surface area contributed by atoms with Crippen molar-refractivity contribution >= 4 is 11.9 Å². The molecule has 1 aromatic rings. The van der Waals surface area contributed by atoms with E-state index in [4.69, 9.17) is 10.6 Å². The van der Waals surface area contributed by atoms with Gasteiger partial charge in [0.05, 0.1) is 6.10 Å². The third-order valence-corrected chi connectivity index (χ3v) is 2.26.